The smallest absolute Gasteiger partial charge is 0.162 e. The van der Waals surface area contributed by atoms with E-state index in [1.807, 2.05) is 48.5 Å². The van der Waals surface area contributed by atoms with Crippen LogP contribution in [0.25, 0.3) is 0 Å². The first-order chi connectivity index (χ1) is 26.9. The monoisotopic (exact) mass is 767 g/mol. The quantitative estimate of drug-likeness (QED) is 0.167. The van der Waals surface area contributed by atoms with E-state index in [0.29, 0.717) is 56.4 Å². The Morgan fingerprint density at radius 2 is 1.62 bits per heavy atom. The third kappa shape index (κ3) is 6.50. The number of carbonyl (C=O) groups is 1. The summed E-state index contributed by atoms with van der Waals surface area (Å²) in [5.74, 6) is 2.18. The number of methoxy groups -OCH3 is 2. The molecule has 0 heterocycles. The van der Waals surface area contributed by atoms with Crippen LogP contribution in [0.3, 0.4) is 0 Å². The average Bonchev–Trinajstić information content (AvgIpc) is 3.47. The van der Waals surface area contributed by atoms with Crippen molar-refractivity contribution in [3.63, 3.8) is 0 Å². The highest BCUT2D eigenvalue weighted by Gasteiger charge is 2.74. The number of aliphatic hydroxyl groups is 3. The van der Waals surface area contributed by atoms with Gasteiger partial charge >= 0.3 is 0 Å². The molecule has 0 saturated heterocycles. The minimum absolute atomic E-state index is 0.0554. The number of ketones is 1. The lowest BCUT2D eigenvalue weighted by atomic mass is 9.32. The van der Waals surface area contributed by atoms with Crippen LogP contribution in [-0.2, 0) is 22.7 Å². The molecular formula is C48H65NO7. The maximum atomic E-state index is 15.0. The summed E-state index contributed by atoms with van der Waals surface area (Å²) in [6.45, 7) is 6.50. The first-order valence-electron chi connectivity index (χ1n) is 21.5. The standard InChI is InChI=1S/C48H65NO7/c1-44-20-17-36(50)26-46(44)23-24-48(39(27-46)43(52)34-13-9-6-10-14-34)41(44)18-21-45(2)42(48)19-22-47(45,53)32-49(28-35-15-16-38(54-3)25-40(35)55-4)29-37(51)31-56-30-33-11-7-5-8-12-33/h5,7-8,11-12,15-16,23-25,27,34,36-37,41-42,50-51,53H,6,9-10,13-14,17-22,26,28-32H2,1-4H3. The van der Waals surface area contributed by atoms with E-state index in [-0.39, 0.29) is 41.3 Å². The largest absolute Gasteiger partial charge is 0.497 e. The van der Waals surface area contributed by atoms with Gasteiger partial charge in [0, 0.05) is 59.0 Å². The topological polar surface area (TPSA) is 109 Å². The molecule has 2 aromatic rings. The van der Waals surface area contributed by atoms with Crippen molar-refractivity contribution in [2.24, 2.45) is 39.4 Å². The van der Waals surface area contributed by atoms with E-state index in [2.05, 4.69) is 37.0 Å². The number of hydrogen-bond acceptors (Lipinski definition) is 8. The predicted octanol–water partition coefficient (Wildman–Crippen LogP) is 7.82. The van der Waals surface area contributed by atoms with Crippen LogP contribution in [0, 0.1) is 39.4 Å². The Hall–Kier alpha value is -3.01. The van der Waals surface area contributed by atoms with Gasteiger partial charge in [-0.25, -0.2) is 0 Å². The summed E-state index contributed by atoms with van der Waals surface area (Å²) in [6.07, 6.45) is 17.1. The predicted molar refractivity (Wildman–Crippen MR) is 217 cm³/mol. The first-order valence-corrected chi connectivity index (χ1v) is 21.5. The summed E-state index contributed by atoms with van der Waals surface area (Å²) in [5, 5.41) is 35.9. The molecule has 9 rings (SSSR count). The molecule has 2 bridgehead atoms. The van der Waals surface area contributed by atoms with Gasteiger partial charge in [-0.3, -0.25) is 9.69 Å². The van der Waals surface area contributed by atoms with E-state index in [9.17, 15) is 20.1 Å². The number of carbonyl (C=O) groups excluding carboxylic acids is 1. The van der Waals surface area contributed by atoms with E-state index >= 15 is 0 Å². The van der Waals surface area contributed by atoms with Crippen molar-refractivity contribution >= 4 is 5.78 Å². The Balaban J connectivity index is 1.11. The summed E-state index contributed by atoms with van der Waals surface area (Å²) < 4.78 is 17.3. The van der Waals surface area contributed by atoms with Gasteiger partial charge in [-0.1, -0.05) is 87.7 Å². The van der Waals surface area contributed by atoms with E-state index in [0.717, 1.165) is 74.5 Å². The van der Waals surface area contributed by atoms with Gasteiger partial charge in [0.05, 0.1) is 45.2 Å². The molecule has 8 nitrogen and oxygen atoms in total. The van der Waals surface area contributed by atoms with Gasteiger partial charge in [-0.2, -0.15) is 0 Å². The normalized spacial score (nSPS) is 36.7. The number of nitrogens with zero attached hydrogens (tertiary/aromatic N) is 1. The summed E-state index contributed by atoms with van der Waals surface area (Å²) >= 11 is 0. The molecule has 0 amide bonds. The second-order valence-corrected chi connectivity index (χ2v) is 19.0. The summed E-state index contributed by atoms with van der Waals surface area (Å²) in [6, 6.07) is 15.8. The number of Topliss-reactive ketones (excluding diaryl/α,β-unsaturated/α-hetero) is 1. The molecule has 3 N–H and O–H groups in total. The molecule has 4 saturated carbocycles. The maximum Gasteiger partial charge on any atom is 0.162 e. The lowest BCUT2D eigenvalue weighted by molar-refractivity contribution is -0.180. The molecule has 9 atom stereocenters. The van der Waals surface area contributed by atoms with Crippen molar-refractivity contribution in [2.45, 2.75) is 122 Å². The average molecular weight is 768 g/mol. The van der Waals surface area contributed by atoms with Crippen LogP contribution in [0.5, 0.6) is 11.5 Å². The second kappa shape index (κ2) is 15.3. The van der Waals surface area contributed by atoms with Crippen LogP contribution >= 0.6 is 0 Å². The molecule has 2 spiro atoms. The lowest BCUT2D eigenvalue weighted by Gasteiger charge is -2.71. The zero-order valence-electron chi connectivity index (χ0n) is 34.2. The molecule has 7 aliphatic rings. The third-order valence-corrected chi connectivity index (χ3v) is 16.2. The van der Waals surface area contributed by atoms with Crippen molar-refractivity contribution < 1.29 is 34.3 Å². The molecule has 0 radical (unpaired) electrons. The van der Waals surface area contributed by atoms with E-state index in [1.54, 1.807) is 14.2 Å². The fraction of sp³-hybridized carbons (Fsp3) is 0.646. The molecule has 9 unspecified atom stereocenters. The minimum Gasteiger partial charge on any atom is -0.497 e. The third-order valence-electron chi connectivity index (χ3n) is 16.2. The van der Waals surface area contributed by atoms with E-state index in [4.69, 9.17) is 14.2 Å². The van der Waals surface area contributed by atoms with Crippen LogP contribution in [0.2, 0.25) is 0 Å². The fourth-order valence-electron chi connectivity index (χ4n) is 13.2. The number of benzene rings is 2. The number of allylic oxidation sites excluding steroid dienone is 4. The summed E-state index contributed by atoms with van der Waals surface area (Å²) in [7, 11) is 3.30. The molecule has 7 aliphatic carbocycles. The number of rotatable bonds is 14. The zero-order valence-corrected chi connectivity index (χ0v) is 34.2. The highest BCUT2D eigenvalue weighted by Crippen LogP contribution is 2.78. The summed E-state index contributed by atoms with van der Waals surface area (Å²) in [4.78, 5) is 17.2. The minimum atomic E-state index is -1.07. The maximum absolute atomic E-state index is 15.0. The van der Waals surface area contributed by atoms with Gasteiger partial charge in [0.15, 0.2) is 5.78 Å². The van der Waals surface area contributed by atoms with Gasteiger partial charge in [-0.05, 0) is 86.7 Å². The Kier molecular flexibility index (Phi) is 10.9. The Morgan fingerprint density at radius 3 is 2.38 bits per heavy atom. The summed E-state index contributed by atoms with van der Waals surface area (Å²) in [5.41, 5.74) is 0.661. The molecular weight excluding hydrogens is 703 g/mol. The molecule has 0 aliphatic heterocycles. The van der Waals surface area contributed by atoms with Crippen LogP contribution in [0.15, 0.2) is 72.3 Å². The van der Waals surface area contributed by atoms with Crippen LogP contribution in [-0.4, -0.2) is 77.7 Å². The molecule has 56 heavy (non-hydrogen) atoms. The molecule has 8 heteroatoms. The van der Waals surface area contributed by atoms with Crippen molar-refractivity contribution in [3.8, 4) is 11.5 Å². The Bertz CT molecular complexity index is 1810. The molecule has 4 fully saturated rings. The van der Waals surface area contributed by atoms with E-state index in [1.165, 1.54) is 6.42 Å². The van der Waals surface area contributed by atoms with Crippen molar-refractivity contribution in [1.82, 2.24) is 4.90 Å². The van der Waals surface area contributed by atoms with Gasteiger partial charge < -0.3 is 29.5 Å². The van der Waals surface area contributed by atoms with E-state index < -0.39 is 22.5 Å². The number of aliphatic hydroxyl groups excluding tert-OH is 2. The second-order valence-electron chi connectivity index (χ2n) is 19.0. The first kappa shape index (κ1) is 39.8. The Morgan fingerprint density at radius 1 is 0.893 bits per heavy atom. The molecule has 2 aromatic carbocycles. The lowest BCUT2D eigenvalue weighted by Crippen LogP contribution is -2.67. The van der Waals surface area contributed by atoms with Gasteiger partial charge in [0.25, 0.3) is 0 Å². The number of hydrogen-bond donors (Lipinski definition) is 3. The fourth-order valence-corrected chi connectivity index (χ4v) is 13.2. The molecule has 0 aromatic heterocycles. The van der Waals surface area contributed by atoms with Crippen molar-refractivity contribution in [3.05, 3.63) is 83.5 Å². The number of ether oxygens (including phenoxy) is 3. The number of fused-ring (bicyclic) bond motifs is 1. The van der Waals surface area contributed by atoms with Gasteiger partial charge in [0.1, 0.15) is 11.5 Å². The van der Waals surface area contributed by atoms with Crippen LogP contribution < -0.4 is 9.47 Å². The van der Waals surface area contributed by atoms with Crippen molar-refractivity contribution in [2.75, 3.05) is 33.9 Å². The van der Waals surface area contributed by atoms with Crippen LogP contribution in [0.1, 0.15) is 102 Å². The highest BCUT2D eigenvalue weighted by molar-refractivity contribution is 6.00. The van der Waals surface area contributed by atoms with Gasteiger partial charge in [-0.15, -0.1) is 0 Å². The molecule has 304 valence electrons. The van der Waals surface area contributed by atoms with Crippen molar-refractivity contribution in [1.29, 1.82) is 0 Å². The SMILES string of the molecule is COc1ccc(CN(CC(O)COCc2ccccc2)CC2(O)CCC3C45C=CC6(C=C4C(=O)C4CCCCC4)CC(O)CCC6(C)C5CCC32C)c(OC)c1. The van der Waals surface area contributed by atoms with Crippen LogP contribution in [0.4, 0.5) is 0 Å². The van der Waals surface area contributed by atoms with Gasteiger partial charge in [0.2, 0.25) is 0 Å². The highest BCUT2D eigenvalue weighted by atomic mass is 16.5. The Labute approximate surface area is 334 Å². The zero-order chi connectivity index (χ0) is 39.3.